The van der Waals surface area contributed by atoms with E-state index < -0.39 is 0 Å². The Morgan fingerprint density at radius 2 is 1.91 bits per heavy atom. The number of amides is 2. The standard InChI is InChI=1S/C25H35N5O2S/c1-19-5-7-20(8-6-19)22-17-30-21(18-33-24(30)26-22)9-10-29(23(31)27-25(2,3)4)12-11-28-13-15-32-16-14-28/h5-8,17-18H,9-16H2,1-4H3,(H,27,31). The summed E-state index contributed by atoms with van der Waals surface area (Å²) in [4.78, 5) is 23.1. The first-order chi connectivity index (χ1) is 15.8. The van der Waals surface area contributed by atoms with Gasteiger partial charge in [-0.05, 0) is 27.7 Å². The summed E-state index contributed by atoms with van der Waals surface area (Å²) in [5.41, 5.74) is 4.26. The van der Waals surface area contributed by atoms with Crippen molar-refractivity contribution in [2.75, 3.05) is 45.9 Å². The number of ether oxygens (including phenoxy) is 1. The highest BCUT2D eigenvalue weighted by molar-refractivity contribution is 7.15. The molecule has 3 aromatic rings. The van der Waals surface area contributed by atoms with Gasteiger partial charge in [0.1, 0.15) is 0 Å². The second-order valence-electron chi connectivity index (χ2n) is 9.74. The molecular formula is C25H35N5O2S. The summed E-state index contributed by atoms with van der Waals surface area (Å²) >= 11 is 1.65. The Morgan fingerprint density at radius 3 is 2.61 bits per heavy atom. The number of urea groups is 1. The molecule has 2 aromatic heterocycles. The Hall–Kier alpha value is -2.42. The molecule has 33 heavy (non-hydrogen) atoms. The van der Waals surface area contributed by atoms with Crippen LogP contribution in [0.4, 0.5) is 4.79 Å². The number of aryl methyl sites for hydroxylation is 1. The van der Waals surface area contributed by atoms with E-state index in [0.29, 0.717) is 13.1 Å². The molecule has 0 radical (unpaired) electrons. The molecular weight excluding hydrogens is 434 g/mol. The minimum absolute atomic E-state index is 0.00629. The van der Waals surface area contributed by atoms with E-state index in [4.69, 9.17) is 9.72 Å². The first kappa shape index (κ1) is 23.7. The van der Waals surface area contributed by atoms with Gasteiger partial charge < -0.3 is 15.0 Å². The maximum absolute atomic E-state index is 13.0. The molecule has 1 aromatic carbocycles. The zero-order valence-corrected chi connectivity index (χ0v) is 21.0. The maximum Gasteiger partial charge on any atom is 0.317 e. The summed E-state index contributed by atoms with van der Waals surface area (Å²) in [5.74, 6) is 0. The highest BCUT2D eigenvalue weighted by atomic mass is 32.1. The summed E-state index contributed by atoms with van der Waals surface area (Å²) in [6.45, 7) is 13.8. The van der Waals surface area contributed by atoms with Crippen LogP contribution in [0.5, 0.6) is 0 Å². The quantitative estimate of drug-likeness (QED) is 0.567. The van der Waals surface area contributed by atoms with Gasteiger partial charge in [0.15, 0.2) is 4.96 Å². The fourth-order valence-corrected chi connectivity index (χ4v) is 4.83. The van der Waals surface area contributed by atoms with Crippen molar-refractivity contribution in [2.24, 2.45) is 0 Å². The van der Waals surface area contributed by atoms with Crippen LogP contribution in [0.25, 0.3) is 16.2 Å². The van der Waals surface area contributed by atoms with E-state index in [1.165, 1.54) is 11.3 Å². The summed E-state index contributed by atoms with van der Waals surface area (Å²) < 4.78 is 7.62. The molecule has 1 aliphatic rings. The van der Waals surface area contributed by atoms with Crippen molar-refractivity contribution in [3.05, 3.63) is 47.1 Å². The summed E-state index contributed by atoms with van der Waals surface area (Å²) in [5, 5.41) is 5.29. The zero-order chi connectivity index (χ0) is 23.4. The molecule has 0 unspecified atom stereocenters. The smallest absolute Gasteiger partial charge is 0.317 e. The topological polar surface area (TPSA) is 62.1 Å². The molecule has 0 saturated carbocycles. The van der Waals surface area contributed by atoms with Crippen LogP contribution >= 0.6 is 11.3 Å². The number of nitrogens with one attached hydrogen (secondary N) is 1. The molecule has 1 fully saturated rings. The van der Waals surface area contributed by atoms with E-state index in [1.807, 2.05) is 25.7 Å². The molecule has 0 aliphatic carbocycles. The molecule has 0 atom stereocenters. The van der Waals surface area contributed by atoms with Crippen LogP contribution in [0.3, 0.4) is 0 Å². The minimum Gasteiger partial charge on any atom is -0.379 e. The predicted molar refractivity (Wildman–Crippen MR) is 134 cm³/mol. The Bertz CT molecular complexity index is 1060. The van der Waals surface area contributed by atoms with Crippen molar-refractivity contribution in [1.29, 1.82) is 0 Å². The normalized spacial score (nSPS) is 15.2. The molecule has 1 aliphatic heterocycles. The van der Waals surface area contributed by atoms with Gasteiger partial charge in [-0.1, -0.05) is 29.8 Å². The number of benzene rings is 1. The van der Waals surface area contributed by atoms with Gasteiger partial charge >= 0.3 is 6.03 Å². The van der Waals surface area contributed by atoms with E-state index in [1.54, 1.807) is 11.3 Å². The number of hydrogen-bond acceptors (Lipinski definition) is 5. The van der Waals surface area contributed by atoms with Gasteiger partial charge in [-0.3, -0.25) is 9.30 Å². The van der Waals surface area contributed by atoms with E-state index in [9.17, 15) is 4.79 Å². The number of carbonyl (C=O) groups is 1. The summed E-state index contributed by atoms with van der Waals surface area (Å²) in [7, 11) is 0. The van der Waals surface area contributed by atoms with Crippen molar-refractivity contribution >= 4 is 22.3 Å². The molecule has 7 nitrogen and oxygen atoms in total. The fraction of sp³-hybridized carbons (Fsp3) is 0.520. The maximum atomic E-state index is 13.0. The first-order valence-electron chi connectivity index (χ1n) is 11.7. The third kappa shape index (κ3) is 6.34. The number of nitrogens with zero attached hydrogens (tertiary/aromatic N) is 4. The van der Waals surface area contributed by atoms with Crippen molar-refractivity contribution in [2.45, 2.75) is 39.7 Å². The van der Waals surface area contributed by atoms with E-state index in [0.717, 1.165) is 55.5 Å². The van der Waals surface area contributed by atoms with Gasteiger partial charge in [0, 0.05) is 67.5 Å². The van der Waals surface area contributed by atoms with Crippen molar-refractivity contribution in [3.63, 3.8) is 0 Å². The number of morpholine rings is 1. The van der Waals surface area contributed by atoms with Gasteiger partial charge in [-0.2, -0.15) is 0 Å². The lowest BCUT2D eigenvalue weighted by atomic mass is 10.1. The van der Waals surface area contributed by atoms with Gasteiger partial charge in [0.2, 0.25) is 0 Å². The first-order valence-corrected chi connectivity index (χ1v) is 12.6. The predicted octanol–water partition coefficient (Wildman–Crippen LogP) is 4.06. The summed E-state index contributed by atoms with van der Waals surface area (Å²) in [6, 6.07) is 8.46. The third-order valence-corrected chi connectivity index (χ3v) is 6.72. The van der Waals surface area contributed by atoms with Gasteiger partial charge in [-0.15, -0.1) is 11.3 Å². The molecule has 2 amide bonds. The number of thiazole rings is 1. The number of fused-ring (bicyclic) bond motifs is 1. The zero-order valence-electron chi connectivity index (χ0n) is 20.1. The van der Waals surface area contributed by atoms with Crippen LogP contribution in [0, 0.1) is 6.92 Å². The van der Waals surface area contributed by atoms with E-state index in [-0.39, 0.29) is 11.6 Å². The van der Waals surface area contributed by atoms with E-state index >= 15 is 0 Å². The SMILES string of the molecule is Cc1ccc(-c2cn3c(CCN(CCN4CCOCC4)C(=O)NC(C)(C)C)csc3n2)cc1. The van der Waals surface area contributed by atoms with Crippen LogP contribution in [0.15, 0.2) is 35.8 Å². The Kier molecular flexibility index (Phi) is 7.36. The third-order valence-electron chi connectivity index (χ3n) is 5.83. The lowest BCUT2D eigenvalue weighted by Gasteiger charge is -2.32. The van der Waals surface area contributed by atoms with Crippen molar-refractivity contribution in [1.82, 2.24) is 24.5 Å². The number of carbonyl (C=O) groups excluding carboxylic acids is 1. The molecule has 0 spiro atoms. The highest BCUT2D eigenvalue weighted by Crippen LogP contribution is 2.24. The number of imidazole rings is 1. The molecule has 8 heteroatoms. The molecule has 1 N–H and O–H groups in total. The molecule has 178 valence electrons. The number of hydrogen-bond donors (Lipinski definition) is 1. The van der Waals surface area contributed by atoms with Crippen LogP contribution < -0.4 is 5.32 Å². The van der Waals surface area contributed by atoms with Crippen LogP contribution in [0.2, 0.25) is 0 Å². The van der Waals surface area contributed by atoms with Crippen molar-refractivity contribution in [3.8, 4) is 11.3 Å². The lowest BCUT2D eigenvalue weighted by molar-refractivity contribution is 0.0348. The Morgan fingerprint density at radius 1 is 1.18 bits per heavy atom. The number of rotatable bonds is 7. The van der Waals surface area contributed by atoms with Crippen LogP contribution in [-0.4, -0.2) is 76.7 Å². The fourth-order valence-electron chi connectivity index (χ4n) is 3.92. The molecule has 3 heterocycles. The van der Waals surface area contributed by atoms with Crippen LogP contribution in [-0.2, 0) is 11.2 Å². The van der Waals surface area contributed by atoms with E-state index in [2.05, 4.69) is 57.4 Å². The van der Waals surface area contributed by atoms with Crippen molar-refractivity contribution < 1.29 is 9.53 Å². The highest BCUT2D eigenvalue weighted by Gasteiger charge is 2.21. The molecule has 4 rings (SSSR count). The second-order valence-corrected chi connectivity index (χ2v) is 10.6. The average molecular weight is 470 g/mol. The molecule has 0 bridgehead atoms. The minimum atomic E-state index is -0.267. The van der Waals surface area contributed by atoms with Gasteiger partial charge in [0.25, 0.3) is 0 Å². The Balaban J connectivity index is 1.45. The van der Waals surface area contributed by atoms with Crippen LogP contribution in [0.1, 0.15) is 32.0 Å². The summed E-state index contributed by atoms with van der Waals surface area (Å²) in [6.07, 6.45) is 2.89. The largest absolute Gasteiger partial charge is 0.379 e. The average Bonchev–Trinajstić information content (AvgIpc) is 3.35. The Labute approximate surface area is 200 Å². The van der Waals surface area contributed by atoms with Gasteiger partial charge in [0.05, 0.1) is 18.9 Å². The number of aromatic nitrogens is 2. The van der Waals surface area contributed by atoms with Gasteiger partial charge in [-0.25, -0.2) is 9.78 Å². The lowest BCUT2D eigenvalue weighted by Crippen LogP contribution is -2.51. The monoisotopic (exact) mass is 469 g/mol. The molecule has 1 saturated heterocycles. The second kappa shape index (κ2) is 10.2.